The number of halogens is 10. The van der Waals surface area contributed by atoms with E-state index in [0.717, 1.165) is 12.1 Å². The Morgan fingerprint density at radius 3 is 1.58 bits per heavy atom. The predicted octanol–water partition coefficient (Wildman–Crippen LogP) is 4.47. The molecule has 1 aromatic rings. The van der Waals surface area contributed by atoms with Gasteiger partial charge in [-0.1, -0.05) is 11.6 Å². The van der Waals surface area contributed by atoms with Crippen molar-refractivity contribution >= 4 is 21.7 Å². The van der Waals surface area contributed by atoms with Crippen LogP contribution in [0.3, 0.4) is 0 Å². The quantitative estimate of drug-likeness (QED) is 0.531. The molecule has 0 aliphatic heterocycles. The Bertz CT molecular complexity index is 697. The van der Waals surface area contributed by atoms with E-state index in [-0.39, 0.29) is 5.02 Å². The van der Waals surface area contributed by atoms with Crippen LogP contribution in [0.25, 0.3) is 0 Å². The maximum atomic E-state index is 13.3. The lowest BCUT2D eigenvalue weighted by atomic mass is 10.1. The van der Waals surface area contributed by atoms with Gasteiger partial charge in [0.25, 0.3) is 0 Å². The smallest absolute Gasteiger partial charge is 0.378 e. The summed E-state index contributed by atoms with van der Waals surface area (Å²) in [6.45, 7) is 0. The number of rotatable bonds is 5. The fourth-order valence-corrected chi connectivity index (χ4v) is 2.22. The van der Waals surface area contributed by atoms with Crippen molar-refractivity contribution in [3.63, 3.8) is 0 Å². The van der Waals surface area contributed by atoms with E-state index in [1.807, 2.05) is 0 Å². The van der Waals surface area contributed by atoms with Gasteiger partial charge < -0.3 is 4.18 Å². The Balaban J connectivity index is 3.32. The molecule has 138 valence electrons. The fraction of sp³-hybridized carbons (Fsp3) is 0.400. The summed E-state index contributed by atoms with van der Waals surface area (Å²) in [4.78, 5) is 0. The second-order valence-corrected chi connectivity index (χ2v) is 6.18. The van der Waals surface area contributed by atoms with Crippen LogP contribution in [0, 0.1) is 0 Å². The predicted molar refractivity (Wildman–Crippen MR) is 61.9 cm³/mol. The molecule has 3 nitrogen and oxygen atoms in total. The molecule has 0 N–H and O–H groups in total. The van der Waals surface area contributed by atoms with Crippen LogP contribution >= 0.6 is 11.6 Å². The summed E-state index contributed by atoms with van der Waals surface area (Å²) in [6.07, 6.45) is -7.14. The van der Waals surface area contributed by atoms with E-state index in [2.05, 4.69) is 4.18 Å². The summed E-state index contributed by atoms with van der Waals surface area (Å²) in [6, 6.07) is 2.87. The number of benzene rings is 1. The first kappa shape index (κ1) is 20.7. The average Bonchev–Trinajstić information content (AvgIpc) is 2.39. The van der Waals surface area contributed by atoms with Gasteiger partial charge in [-0.25, -0.2) is 0 Å². The Kier molecular flexibility index (Phi) is 5.05. The van der Waals surface area contributed by atoms with Crippen LogP contribution in [-0.2, 0) is 10.1 Å². The molecule has 0 aromatic heterocycles. The van der Waals surface area contributed by atoms with Crippen LogP contribution in [0.2, 0.25) is 5.02 Å². The molecule has 0 aliphatic rings. The van der Waals surface area contributed by atoms with E-state index in [1.54, 1.807) is 0 Å². The lowest BCUT2D eigenvalue weighted by Crippen LogP contribution is -2.63. The molecular weight excluding hydrogens is 407 g/mol. The lowest BCUT2D eigenvalue weighted by molar-refractivity contribution is -0.382. The van der Waals surface area contributed by atoms with Gasteiger partial charge in [-0.3, -0.25) is 0 Å². The molecular formula is C10H4ClF9O3S. The highest BCUT2D eigenvalue weighted by atomic mass is 35.5. The standard InChI is InChI=1S/C10H4ClF9O3S/c11-5-1-3-6(4-2-5)23-24(21,22)10(19,20)8(14,15)7(12,13)9(16,17)18/h1-4H. The molecule has 1 aromatic carbocycles. The number of hydrogen-bond donors (Lipinski definition) is 0. The van der Waals surface area contributed by atoms with E-state index in [9.17, 15) is 47.9 Å². The van der Waals surface area contributed by atoms with E-state index >= 15 is 0 Å². The van der Waals surface area contributed by atoms with Crippen molar-refractivity contribution in [1.82, 2.24) is 0 Å². The van der Waals surface area contributed by atoms with Crippen molar-refractivity contribution in [2.75, 3.05) is 0 Å². The van der Waals surface area contributed by atoms with Crippen molar-refractivity contribution in [2.24, 2.45) is 0 Å². The lowest BCUT2D eigenvalue weighted by Gasteiger charge is -2.32. The zero-order chi connectivity index (χ0) is 19.2. The summed E-state index contributed by atoms with van der Waals surface area (Å²) in [5, 5.41) is -6.97. The van der Waals surface area contributed by atoms with Gasteiger partial charge in [0.05, 0.1) is 0 Å². The van der Waals surface area contributed by atoms with Crippen LogP contribution in [0.1, 0.15) is 0 Å². The monoisotopic (exact) mass is 410 g/mol. The molecule has 0 spiro atoms. The molecule has 0 radical (unpaired) electrons. The molecule has 24 heavy (non-hydrogen) atoms. The maximum absolute atomic E-state index is 13.3. The Morgan fingerprint density at radius 2 is 1.21 bits per heavy atom. The molecule has 0 bridgehead atoms. The van der Waals surface area contributed by atoms with E-state index in [0.29, 0.717) is 12.1 Å². The highest BCUT2D eigenvalue weighted by Crippen LogP contribution is 2.54. The highest BCUT2D eigenvalue weighted by Gasteiger charge is 2.86. The Hall–Kier alpha value is -1.37. The Labute approximate surface area is 133 Å². The first-order chi connectivity index (χ1) is 10.5. The molecule has 0 atom stereocenters. The summed E-state index contributed by atoms with van der Waals surface area (Å²) >= 11 is 5.36. The first-order valence-corrected chi connectivity index (χ1v) is 7.16. The summed E-state index contributed by atoms with van der Waals surface area (Å²) in [5.41, 5.74) is 0. The maximum Gasteiger partial charge on any atom is 0.460 e. The van der Waals surface area contributed by atoms with Crippen LogP contribution in [0.5, 0.6) is 5.75 Å². The normalized spacial score (nSPS) is 14.6. The van der Waals surface area contributed by atoms with Gasteiger partial charge in [-0.05, 0) is 24.3 Å². The van der Waals surface area contributed by atoms with Gasteiger partial charge in [-0.2, -0.15) is 47.9 Å². The SMILES string of the molecule is O=S(=O)(Oc1ccc(Cl)cc1)C(F)(F)C(F)(F)C(F)(F)C(F)(F)F. The number of hydrogen-bond acceptors (Lipinski definition) is 3. The molecule has 0 fully saturated rings. The minimum absolute atomic E-state index is 0.0690. The van der Waals surface area contributed by atoms with Gasteiger partial charge in [0.2, 0.25) is 0 Å². The Morgan fingerprint density at radius 1 is 0.792 bits per heavy atom. The molecule has 0 unspecified atom stereocenters. The highest BCUT2D eigenvalue weighted by molar-refractivity contribution is 7.88. The first-order valence-electron chi connectivity index (χ1n) is 5.37. The van der Waals surface area contributed by atoms with Crippen molar-refractivity contribution in [3.8, 4) is 5.75 Å². The summed E-state index contributed by atoms with van der Waals surface area (Å²) in [7, 11) is -6.93. The van der Waals surface area contributed by atoms with Crippen molar-refractivity contribution < 1.29 is 52.1 Å². The van der Waals surface area contributed by atoms with Gasteiger partial charge in [0, 0.05) is 5.02 Å². The zero-order valence-corrected chi connectivity index (χ0v) is 12.3. The summed E-state index contributed by atoms with van der Waals surface area (Å²) in [5.74, 6) is -15.8. The fourth-order valence-electron chi connectivity index (χ4n) is 1.19. The van der Waals surface area contributed by atoms with Crippen LogP contribution in [0.15, 0.2) is 24.3 Å². The largest absolute Gasteiger partial charge is 0.460 e. The minimum Gasteiger partial charge on any atom is -0.378 e. The third kappa shape index (κ3) is 3.23. The van der Waals surface area contributed by atoms with Crippen LogP contribution < -0.4 is 4.18 Å². The van der Waals surface area contributed by atoms with Crippen LogP contribution in [-0.4, -0.2) is 31.7 Å². The average molecular weight is 411 g/mol. The van der Waals surface area contributed by atoms with E-state index in [4.69, 9.17) is 11.6 Å². The van der Waals surface area contributed by atoms with Crippen molar-refractivity contribution in [2.45, 2.75) is 23.3 Å². The van der Waals surface area contributed by atoms with E-state index < -0.39 is 39.1 Å². The molecule has 0 heterocycles. The molecule has 0 saturated carbocycles. The van der Waals surface area contributed by atoms with E-state index in [1.165, 1.54) is 0 Å². The van der Waals surface area contributed by atoms with Gasteiger partial charge in [0.1, 0.15) is 5.75 Å². The number of alkyl halides is 9. The van der Waals surface area contributed by atoms with Gasteiger partial charge in [-0.15, -0.1) is 0 Å². The third-order valence-electron chi connectivity index (χ3n) is 2.45. The van der Waals surface area contributed by atoms with Crippen LogP contribution in [0.4, 0.5) is 39.5 Å². The van der Waals surface area contributed by atoms with Gasteiger partial charge >= 0.3 is 33.4 Å². The summed E-state index contributed by atoms with van der Waals surface area (Å²) < 4.78 is 139. The topological polar surface area (TPSA) is 43.4 Å². The molecule has 0 saturated heterocycles. The molecule has 0 aliphatic carbocycles. The van der Waals surface area contributed by atoms with Crippen molar-refractivity contribution in [3.05, 3.63) is 29.3 Å². The second-order valence-electron chi connectivity index (χ2n) is 4.15. The second kappa shape index (κ2) is 5.86. The zero-order valence-electron chi connectivity index (χ0n) is 10.7. The molecule has 0 amide bonds. The van der Waals surface area contributed by atoms with Crippen molar-refractivity contribution in [1.29, 1.82) is 0 Å². The van der Waals surface area contributed by atoms with Gasteiger partial charge in [0.15, 0.2) is 0 Å². The third-order valence-corrected chi connectivity index (χ3v) is 4.00. The minimum atomic E-state index is -7.35. The molecule has 14 heteroatoms. The molecule has 1 rings (SSSR count).